The van der Waals surface area contributed by atoms with Gasteiger partial charge in [-0.15, -0.1) is 0 Å². The van der Waals surface area contributed by atoms with Crippen LogP contribution >= 0.6 is 0 Å². The molecule has 0 radical (unpaired) electrons. The Morgan fingerprint density at radius 1 is 0.628 bits per heavy atom. The third kappa shape index (κ3) is 6.23. The molecule has 43 heavy (non-hydrogen) atoms. The van der Waals surface area contributed by atoms with Crippen LogP contribution in [0.15, 0.2) is 108 Å². The Hall–Kier alpha value is -5.11. The van der Waals surface area contributed by atoms with E-state index in [0.717, 1.165) is 51.2 Å². The van der Waals surface area contributed by atoms with Gasteiger partial charge in [0.2, 0.25) is 0 Å². The van der Waals surface area contributed by atoms with Crippen molar-refractivity contribution >= 4 is 17.3 Å². The summed E-state index contributed by atoms with van der Waals surface area (Å²) in [6.45, 7) is 0. The molecule has 0 aliphatic carbocycles. The van der Waals surface area contributed by atoms with Gasteiger partial charge in [-0.3, -0.25) is 0 Å². The zero-order valence-corrected chi connectivity index (χ0v) is 25.0. The van der Waals surface area contributed by atoms with Gasteiger partial charge in [-0.1, -0.05) is 24.3 Å². The number of carbonyl (C=O) groups is 1. The fourth-order valence-corrected chi connectivity index (χ4v) is 5.50. The van der Waals surface area contributed by atoms with Gasteiger partial charge >= 0.3 is 5.97 Å². The summed E-state index contributed by atoms with van der Waals surface area (Å²) in [4.78, 5) is 16.0. The Morgan fingerprint density at radius 2 is 1.07 bits per heavy atom. The van der Waals surface area contributed by atoms with Gasteiger partial charge in [0.1, 0.15) is 23.0 Å². The molecular weight excluding hydrogens is 544 g/mol. The molecule has 2 atom stereocenters. The molecule has 0 saturated carbocycles. The van der Waals surface area contributed by atoms with Crippen molar-refractivity contribution in [2.75, 3.05) is 45.8 Å². The van der Waals surface area contributed by atoms with Crippen molar-refractivity contribution in [3.8, 4) is 23.0 Å². The number of hydrogen-bond donors (Lipinski definition) is 1. The number of rotatable bonds is 10. The van der Waals surface area contributed by atoms with Crippen LogP contribution in [0.25, 0.3) is 0 Å². The van der Waals surface area contributed by atoms with Crippen molar-refractivity contribution in [1.82, 2.24) is 0 Å². The van der Waals surface area contributed by atoms with Gasteiger partial charge in [-0.2, -0.15) is 0 Å². The molecule has 1 N–H and O–H groups in total. The largest absolute Gasteiger partial charge is 0.497 e. The molecule has 0 bridgehead atoms. The lowest BCUT2D eigenvalue weighted by Crippen LogP contribution is -2.41. The monoisotopic (exact) mass is 580 g/mol. The molecular formula is C35H36N2O6. The van der Waals surface area contributed by atoms with Gasteiger partial charge in [-0.05, 0) is 83.9 Å². The third-order valence-electron chi connectivity index (χ3n) is 7.70. The highest BCUT2D eigenvalue weighted by atomic mass is 16.5. The minimum Gasteiger partial charge on any atom is -0.497 e. The minimum absolute atomic E-state index is 0.166. The normalized spacial score (nSPS) is 16.3. The van der Waals surface area contributed by atoms with Crippen LogP contribution in [-0.4, -0.2) is 41.5 Å². The Bertz CT molecular complexity index is 1550. The van der Waals surface area contributed by atoms with Gasteiger partial charge in [0.05, 0.1) is 53.2 Å². The van der Waals surface area contributed by atoms with Crippen LogP contribution in [0.3, 0.4) is 0 Å². The van der Waals surface area contributed by atoms with E-state index in [4.69, 9.17) is 23.7 Å². The van der Waals surface area contributed by atoms with E-state index in [0.29, 0.717) is 12.0 Å². The highest BCUT2D eigenvalue weighted by molar-refractivity contribution is 5.93. The van der Waals surface area contributed by atoms with Gasteiger partial charge in [0.25, 0.3) is 0 Å². The molecule has 1 heterocycles. The average Bonchev–Trinajstić information content (AvgIpc) is 3.08. The van der Waals surface area contributed by atoms with Crippen LogP contribution < -0.4 is 29.2 Å². The molecule has 8 nitrogen and oxygen atoms in total. The zero-order chi connectivity index (χ0) is 30.3. The second-order valence-corrected chi connectivity index (χ2v) is 10.0. The van der Waals surface area contributed by atoms with E-state index >= 15 is 0 Å². The molecule has 4 aromatic rings. The molecule has 1 aliphatic heterocycles. The van der Waals surface area contributed by atoms with E-state index in [-0.39, 0.29) is 6.04 Å². The first-order valence-electron chi connectivity index (χ1n) is 13.9. The quantitative estimate of drug-likeness (QED) is 0.202. The lowest BCUT2D eigenvalue weighted by Gasteiger charge is -2.46. The molecule has 8 heteroatoms. The van der Waals surface area contributed by atoms with Gasteiger partial charge < -0.3 is 33.9 Å². The van der Waals surface area contributed by atoms with E-state index < -0.39 is 12.0 Å². The number of nitrogens with zero attached hydrogens (tertiary/aromatic N) is 1. The zero-order valence-electron chi connectivity index (χ0n) is 25.0. The minimum atomic E-state index is -0.506. The number of methoxy groups -OCH3 is 5. The molecule has 222 valence electrons. The van der Waals surface area contributed by atoms with Crippen molar-refractivity contribution in [2.24, 2.45) is 0 Å². The number of hydrogen-bond acceptors (Lipinski definition) is 8. The summed E-state index contributed by atoms with van der Waals surface area (Å²) in [6.07, 6.45) is 0.501. The van der Waals surface area contributed by atoms with Crippen molar-refractivity contribution in [2.45, 2.75) is 18.5 Å². The van der Waals surface area contributed by atoms with Crippen LogP contribution in [0.4, 0.5) is 11.4 Å². The molecule has 0 spiro atoms. The number of ether oxygens (including phenoxy) is 5. The second-order valence-electron chi connectivity index (χ2n) is 10.0. The second kappa shape index (κ2) is 13.2. The maximum Gasteiger partial charge on any atom is 0.337 e. The van der Waals surface area contributed by atoms with Crippen molar-refractivity contribution in [3.05, 3.63) is 119 Å². The predicted molar refractivity (Wildman–Crippen MR) is 167 cm³/mol. The van der Waals surface area contributed by atoms with Crippen LogP contribution in [0, 0.1) is 0 Å². The Balaban J connectivity index is 1.75. The molecule has 5 rings (SSSR count). The third-order valence-corrected chi connectivity index (χ3v) is 7.70. The molecule has 0 amide bonds. The Kier molecular flexibility index (Phi) is 9.05. The summed E-state index contributed by atoms with van der Waals surface area (Å²) in [5.74, 6) is 2.57. The van der Waals surface area contributed by atoms with E-state index in [1.54, 1.807) is 28.4 Å². The fourth-order valence-electron chi connectivity index (χ4n) is 5.50. The van der Waals surface area contributed by atoms with E-state index in [9.17, 15) is 4.79 Å². The standard InChI is InChI=1S/C35H36N2O6/c1-39-27-14-6-23(7-15-27)32-22-31(36-25-10-18-29(41-3)19-11-25)33(35(38)43-5)34(24-8-16-28(40-2)17-9-24)37(32)26-12-20-30(42-4)21-13-26/h6-21,32,34,36H,22H2,1-5H3. The number of anilines is 2. The SMILES string of the molecule is COC(=O)C1=C(Nc2ccc(OC)cc2)CC(c2ccc(OC)cc2)N(c2ccc(OC)cc2)C1c1ccc(OC)cc1. The topological polar surface area (TPSA) is 78.5 Å². The van der Waals surface area contributed by atoms with Gasteiger partial charge in [0, 0.05) is 23.5 Å². The fraction of sp³-hybridized carbons (Fsp3) is 0.229. The molecule has 2 unspecified atom stereocenters. The van der Waals surface area contributed by atoms with Crippen molar-refractivity contribution in [3.63, 3.8) is 0 Å². The number of carbonyl (C=O) groups excluding carboxylic acids is 1. The average molecular weight is 581 g/mol. The molecule has 0 fully saturated rings. The number of benzene rings is 4. The van der Waals surface area contributed by atoms with Gasteiger partial charge in [0.15, 0.2) is 0 Å². The Labute approximate surface area is 252 Å². The van der Waals surface area contributed by atoms with Crippen LogP contribution in [0.2, 0.25) is 0 Å². The maximum absolute atomic E-state index is 13.8. The Morgan fingerprint density at radius 3 is 1.53 bits per heavy atom. The molecule has 0 saturated heterocycles. The van der Waals surface area contributed by atoms with E-state index in [2.05, 4.69) is 22.3 Å². The lowest BCUT2D eigenvalue weighted by atomic mass is 9.84. The smallest absolute Gasteiger partial charge is 0.337 e. The first kappa shape index (κ1) is 29.4. The first-order valence-corrected chi connectivity index (χ1v) is 13.9. The summed E-state index contributed by atoms with van der Waals surface area (Å²) in [5.41, 5.74) is 5.01. The highest BCUT2D eigenvalue weighted by Gasteiger charge is 2.41. The first-order chi connectivity index (χ1) is 21.0. The summed E-state index contributed by atoms with van der Waals surface area (Å²) in [5, 5.41) is 3.56. The molecule has 4 aromatic carbocycles. The summed E-state index contributed by atoms with van der Waals surface area (Å²) >= 11 is 0. The number of nitrogens with one attached hydrogen (secondary N) is 1. The summed E-state index contributed by atoms with van der Waals surface area (Å²) in [7, 11) is 7.98. The van der Waals surface area contributed by atoms with Crippen molar-refractivity contribution in [1.29, 1.82) is 0 Å². The molecule has 1 aliphatic rings. The number of esters is 1. The lowest BCUT2D eigenvalue weighted by molar-refractivity contribution is -0.136. The van der Waals surface area contributed by atoms with Crippen LogP contribution in [-0.2, 0) is 9.53 Å². The predicted octanol–water partition coefficient (Wildman–Crippen LogP) is 6.95. The van der Waals surface area contributed by atoms with Crippen molar-refractivity contribution < 1.29 is 28.5 Å². The molecule has 0 aromatic heterocycles. The van der Waals surface area contributed by atoms with E-state index in [1.807, 2.05) is 84.9 Å². The van der Waals surface area contributed by atoms with Crippen LogP contribution in [0.5, 0.6) is 23.0 Å². The summed E-state index contributed by atoms with van der Waals surface area (Å²) in [6, 6.07) is 30.7. The summed E-state index contributed by atoms with van der Waals surface area (Å²) < 4.78 is 27.2. The highest BCUT2D eigenvalue weighted by Crippen LogP contribution is 2.48. The van der Waals surface area contributed by atoms with Gasteiger partial charge in [-0.25, -0.2) is 4.79 Å². The maximum atomic E-state index is 13.8. The van der Waals surface area contributed by atoms with Crippen LogP contribution in [0.1, 0.15) is 29.6 Å². The van der Waals surface area contributed by atoms with E-state index in [1.165, 1.54) is 7.11 Å².